The third kappa shape index (κ3) is 26.6. The van der Waals surface area contributed by atoms with Crippen molar-refractivity contribution in [3.05, 3.63) is 0 Å². The van der Waals surface area contributed by atoms with Crippen molar-refractivity contribution >= 4 is 58.3 Å². The molecule has 8 heteroatoms. The van der Waals surface area contributed by atoms with Gasteiger partial charge in [-0.05, 0) is 25.7 Å². The molecule has 0 aliphatic heterocycles. The predicted molar refractivity (Wildman–Crippen MR) is 142 cm³/mol. The van der Waals surface area contributed by atoms with Gasteiger partial charge in [0, 0.05) is 26.2 Å². The van der Waals surface area contributed by atoms with Crippen molar-refractivity contribution in [3.8, 4) is 0 Å². The van der Waals surface area contributed by atoms with E-state index in [-0.39, 0.29) is 0 Å². The van der Waals surface area contributed by atoms with E-state index in [4.69, 9.17) is 53.4 Å². The summed E-state index contributed by atoms with van der Waals surface area (Å²) in [5.41, 5.74) is 0. The molecule has 0 radical (unpaired) electrons. The summed E-state index contributed by atoms with van der Waals surface area (Å²) in [6.07, 6.45) is 15.0. The molecule has 0 unspecified atom stereocenters. The summed E-state index contributed by atoms with van der Waals surface area (Å²) in [7, 11) is 0. The van der Waals surface area contributed by atoms with Crippen LogP contribution in [0.2, 0.25) is 0 Å². The zero-order chi connectivity index (χ0) is 23.6. The van der Waals surface area contributed by atoms with Crippen molar-refractivity contribution < 1.29 is 21.0 Å². The van der Waals surface area contributed by atoms with Crippen LogP contribution in [0, 0.1) is 0 Å². The number of unbranched alkanes of at least 4 members (excludes halogenated alkanes) is 8. The molecule has 0 heterocycles. The molecule has 0 atom stereocenters. The van der Waals surface area contributed by atoms with E-state index in [1.54, 1.807) is 0 Å². The fourth-order valence-electron chi connectivity index (χ4n) is 2.80. The van der Waals surface area contributed by atoms with Gasteiger partial charge in [-0.2, -0.15) is 0 Å². The molecular weight excluding hydrogens is 487 g/mol. The van der Waals surface area contributed by atoms with E-state index < -0.39 is 0 Å². The van der Waals surface area contributed by atoms with Crippen LogP contribution in [0.1, 0.15) is 105 Å². The Balaban J connectivity index is -0.000000448. The Labute approximate surface area is 218 Å². The van der Waals surface area contributed by atoms with Crippen LogP contribution in [0.25, 0.3) is 0 Å². The third-order valence-electron chi connectivity index (χ3n) is 4.64. The summed E-state index contributed by atoms with van der Waals surface area (Å²) in [5, 5.41) is 0. The van der Waals surface area contributed by atoms with Crippen LogP contribution < -0.4 is 0 Å². The van der Waals surface area contributed by atoms with Crippen molar-refractivity contribution in [3.63, 3.8) is 0 Å². The van der Waals surface area contributed by atoms with Crippen molar-refractivity contribution in [2.24, 2.45) is 0 Å². The monoisotopic (exact) mass is 531 g/mol. The van der Waals surface area contributed by atoms with Gasteiger partial charge >= 0.3 is 21.0 Å². The number of hydrogen-bond acceptors (Lipinski definition) is 5. The topological polar surface area (TPSA) is 23.6 Å². The Hall–Kier alpha value is 0.604. The Morgan fingerprint density at radius 3 is 0.900 bits per heavy atom. The van der Waals surface area contributed by atoms with Gasteiger partial charge in [-0.25, -0.2) is 0 Å². The summed E-state index contributed by atoms with van der Waals surface area (Å²) in [4.78, 5) is 4.35. The molecule has 0 aromatic carbocycles. The van der Waals surface area contributed by atoms with Gasteiger partial charge in [-0.15, -0.1) is 0 Å². The Kier molecular flexibility index (Phi) is 34.7. The number of nitrogens with zero attached hydrogens (tertiary/aromatic N) is 2. The minimum atomic E-state index is 0.650. The van der Waals surface area contributed by atoms with Gasteiger partial charge in [0.25, 0.3) is 0 Å². The van der Waals surface area contributed by atoms with Crippen LogP contribution in [-0.4, -0.2) is 44.6 Å². The number of hydrogen-bond donors (Lipinski definition) is 0. The minimum absolute atomic E-state index is 0.650. The van der Waals surface area contributed by atoms with E-state index in [9.17, 15) is 0 Å². The van der Waals surface area contributed by atoms with Crippen LogP contribution in [0.4, 0.5) is 0 Å². The molecule has 3 nitrogen and oxygen atoms in total. The SMILES string of the molecule is CCCCCN(CCCCC)C(=S)[S-].CCCCCN(CCCCC)C(=S)[S-].[O]=[V+2]. The predicted octanol–water partition coefficient (Wildman–Crippen LogP) is 6.88. The molecule has 0 N–H and O–H groups in total. The molecular formula is C22H44N2OS4V. The summed E-state index contributed by atoms with van der Waals surface area (Å²) in [6, 6.07) is 0. The summed E-state index contributed by atoms with van der Waals surface area (Å²) >= 11 is 21.3. The summed E-state index contributed by atoms with van der Waals surface area (Å²) < 4.78 is 9.49. The molecule has 0 saturated heterocycles. The van der Waals surface area contributed by atoms with Crippen LogP contribution in [0.15, 0.2) is 0 Å². The van der Waals surface area contributed by atoms with Crippen LogP contribution in [0.5, 0.6) is 0 Å². The molecule has 0 aromatic rings. The molecule has 0 fully saturated rings. The molecule has 177 valence electrons. The Bertz CT molecular complexity index is 336. The fourth-order valence-corrected chi connectivity index (χ4v) is 3.53. The van der Waals surface area contributed by atoms with Gasteiger partial charge in [0.1, 0.15) is 0 Å². The van der Waals surface area contributed by atoms with Crippen LogP contribution in [-0.2, 0) is 46.3 Å². The van der Waals surface area contributed by atoms with Gasteiger partial charge in [0.2, 0.25) is 0 Å². The van der Waals surface area contributed by atoms with Gasteiger partial charge in [-0.3, -0.25) is 0 Å². The second-order valence-corrected chi connectivity index (χ2v) is 9.40. The zero-order valence-electron chi connectivity index (χ0n) is 19.7. The number of thiocarbonyl (C=S) groups is 2. The normalized spacial score (nSPS) is 9.67. The van der Waals surface area contributed by atoms with E-state index in [0.29, 0.717) is 8.64 Å². The molecule has 0 amide bonds. The second kappa shape index (κ2) is 29.6. The van der Waals surface area contributed by atoms with Gasteiger partial charge in [0.05, 0.1) is 0 Å². The van der Waals surface area contributed by atoms with Gasteiger partial charge in [-0.1, -0.05) is 87.7 Å². The first-order chi connectivity index (χ1) is 14.4. The fraction of sp³-hybridized carbons (Fsp3) is 0.909. The molecule has 0 aromatic heterocycles. The quantitative estimate of drug-likeness (QED) is 0.122. The van der Waals surface area contributed by atoms with E-state index in [2.05, 4.69) is 37.5 Å². The molecule has 0 bridgehead atoms. The van der Waals surface area contributed by atoms with Crippen molar-refractivity contribution in [2.45, 2.75) is 105 Å². The molecule has 0 spiro atoms. The molecule has 0 saturated carbocycles. The zero-order valence-corrected chi connectivity index (χ0v) is 24.4. The van der Waals surface area contributed by atoms with E-state index in [1.807, 2.05) is 0 Å². The molecule has 0 aliphatic carbocycles. The average molecular weight is 532 g/mol. The summed E-state index contributed by atoms with van der Waals surface area (Å²) in [5.74, 6) is 0. The van der Waals surface area contributed by atoms with Gasteiger partial charge < -0.3 is 59.5 Å². The molecule has 0 aliphatic rings. The third-order valence-corrected chi connectivity index (χ3v) is 5.68. The standard InChI is InChI=1S/2C11H23NS2.O.V/c2*1-3-5-7-9-12(11(13)14)10-8-6-4-2;;/h2*3-10H2,1-2H3,(H,13,14);;/q;;;+2/p-2. The summed E-state index contributed by atoms with van der Waals surface area (Å²) in [6.45, 7) is 13.1. The molecule has 30 heavy (non-hydrogen) atoms. The number of rotatable bonds is 16. The van der Waals surface area contributed by atoms with Gasteiger partial charge in [0.15, 0.2) is 0 Å². The Morgan fingerprint density at radius 1 is 0.567 bits per heavy atom. The average Bonchev–Trinajstić information content (AvgIpc) is 2.73. The maximum atomic E-state index is 8.19. The first kappa shape index (κ1) is 35.2. The van der Waals surface area contributed by atoms with Crippen molar-refractivity contribution in [2.75, 3.05) is 26.2 Å². The first-order valence-electron chi connectivity index (χ1n) is 11.5. The van der Waals surface area contributed by atoms with Crippen molar-refractivity contribution in [1.82, 2.24) is 9.80 Å². The van der Waals surface area contributed by atoms with Crippen LogP contribution >= 0.6 is 24.4 Å². The maximum absolute atomic E-state index is 8.19. The van der Waals surface area contributed by atoms with E-state index in [0.717, 1.165) is 43.5 Å². The van der Waals surface area contributed by atoms with Crippen LogP contribution in [0.3, 0.4) is 0 Å². The Morgan fingerprint density at radius 2 is 0.767 bits per heavy atom. The van der Waals surface area contributed by atoms with E-state index >= 15 is 0 Å². The van der Waals surface area contributed by atoms with Crippen molar-refractivity contribution in [1.29, 1.82) is 0 Å². The molecule has 0 rings (SSSR count). The van der Waals surface area contributed by atoms with E-state index in [1.165, 1.54) is 77.0 Å². The second-order valence-electron chi connectivity index (χ2n) is 7.33. The first-order valence-corrected chi connectivity index (χ1v) is 13.7.